The molecular formula is C44H56N4O2Sn. The van der Waals surface area contributed by atoms with Crippen molar-refractivity contribution in [3.05, 3.63) is 143 Å². The van der Waals surface area contributed by atoms with E-state index < -0.39 is 0 Å². The van der Waals surface area contributed by atoms with Gasteiger partial charge >= 0.3 is 23.9 Å². The predicted molar refractivity (Wildman–Crippen MR) is 208 cm³/mol. The molecule has 0 unspecified atom stereocenters. The third-order valence-electron chi connectivity index (χ3n) is 12.2. The summed E-state index contributed by atoms with van der Waals surface area (Å²) >= 11 is 0. The first-order valence-electron chi connectivity index (χ1n) is 18.9. The van der Waals surface area contributed by atoms with Crippen molar-refractivity contribution in [3.63, 3.8) is 0 Å². The summed E-state index contributed by atoms with van der Waals surface area (Å²) in [5.74, 6) is 0. The van der Waals surface area contributed by atoms with Gasteiger partial charge in [0.15, 0.2) is 0 Å². The van der Waals surface area contributed by atoms with Crippen LogP contribution in [0.25, 0.3) is 0 Å². The maximum Gasteiger partial charge on any atom is 4.00 e. The summed E-state index contributed by atoms with van der Waals surface area (Å²) in [5.41, 5.74) is 8.28. The molecule has 0 amide bonds. The summed E-state index contributed by atoms with van der Waals surface area (Å²) in [7, 11) is 0. The van der Waals surface area contributed by atoms with Gasteiger partial charge in [0, 0.05) is 0 Å². The van der Waals surface area contributed by atoms with E-state index in [1.54, 1.807) is 25.1 Å². The van der Waals surface area contributed by atoms with Crippen LogP contribution in [0.3, 0.4) is 0 Å². The Hall–Kier alpha value is -3.52. The number of rotatable bonds is 8. The number of hydrogen-bond donors (Lipinski definition) is 0. The van der Waals surface area contributed by atoms with E-state index in [2.05, 4.69) is 113 Å². The monoisotopic (exact) mass is 792 g/mol. The smallest absolute Gasteiger partial charge is 0.663 e. The zero-order chi connectivity index (χ0) is 35.8. The second-order valence-corrected chi connectivity index (χ2v) is 13.6. The van der Waals surface area contributed by atoms with Gasteiger partial charge in [-0.2, -0.15) is 45.6 Å². The molecule has 0 saturated carbocycles. The minimum Gasteiger partial charge on any atom is -0.663 e. The van der Waals surface area contributed by atoms with Gasteiger partial charge in [-0.05, 0) is 97.3 Å². The first-order valence-corrected chi connectivity index (χ1v) is 18.9. The molecule has 6 aromatic rings. The van der Waals surface area contributed by atoms with Crippen molar-refractivity contribution < 1.29 is 8.83 Å². The van der Waals surface area contributed by atoms with Crippen molar-refractivity contribution in [2.45, 2.75) is 128 Å². The Balaban J connectivity index is 0.000000455. The molecule has 6 aromatic heterocycles. The third-order valence-corrected chi connectivity index (χ3v) is 12.2. The van der Waals surface area contributed by atoms with Crippen molar-refractivity contribution in [3.8, 4) is 0 Å². The van der Waals surface area contributed by atoms with Crippen molar-refractivity contribution in [2.24, 2.45) is 0 Å². The topological polar surface area (TPSA) is 82.7 Å². The van der Waals surface area contributed by atoms with Crippen molar-refractivity contribution in [1.82, 2.24) is 19.9 Å². The van der Waals surface area contributed by atoms with Gasteiger partial charge in [-0.3, -0.25) is 0 Å². The molecule has 0 radical (unpaired) electrons. The SMILES string of the molecule is CCC1(CC)c2ccc([n-]2)C(CC)(CC)c2ccc([n-]2)C(CC)(CC)c2ccc([n-]2)C(CC)(CC)c2ccc1[n-]2.[Sn+4].c1ccoc1.c1ccoc1. The normalized spacial score (nSPS) is 16.2. The zero-order valence-electron chi connectivity index (χ0n) is 32.0. The molecule has 51 heavy (non-hydrogen) atoms. The summed E-state index contributed by atoms with van der Waals surface area (Å²) < 4.78 is 9.17. The standard InChI is InChI=1S/C36H48N4.2C4H4O.Sn/c1-9-33(10-2)25-17-19-27(37-25)34(11-3,12-4)29-21-23-31(39-29)36(15-7,16-8)32-24-22-30(40-32)35(13-5,14-6)28-20-18-26(33)38-28;2*1-2-4-5-3-1;/h17-24H,9-16H2,1-8H3;2*1-4H;/q-4;;;+4. The van der Waals surface area contributed by atoms with Gasteiger partial charge in [0.2, 0.25) is 0 Å². The number of fused-ring (bicyclic) bond motifs is 8. The molecule has 1 aliphatic rings. The Labute approximate surface area is 323 Å². The van der Waals surface area contributed by atoms with E-state index in [9.17, 15) is 0 Å². The molecule has 8 bridgehead atoms. The van der Waals surface area contributed by atoms with Crippen LogP contribution in [0, 0.1) is 0 Å². The van der Waals surface area contributed by atoms with Crippen LogP contribution in [-0.2, 0) is 21.7 Å². The number of hydrogen-bond acceptors (Lipinski definition) is 2. The molecule has 7 rings (SSSR count). The summed E-state index contributed by atoms with van der Waals surface area (Å²) in [6.45, 7) is 18.3. The van der Waals surface area contributed by atoms with Gasteiger partial charge in [0.1, 0.15) is 0 Å². The average Bonchev–Trinajstić information content (AvgIpc) is 3.99. The van der Waals surface area contributed by atoms with Crippen LogP contribution in [0.2, 0.25) is 0 Å². The zero-order valence-corrected chi connectivity index (χ0v) is 34.9. The maximum absolute atomic E-state index is 5.47. The van der Waals surface area contributed by atoms with Crippen molar-refractivity contribution in [2.75, 3.05) is 0 Å². The van der Waals surface area contributed by atoms with Gasteiger partial charge in [-0.15, -0.1) is 0 Å². The minimum atomic E-state index is -0.219. The second-order valence-electron chi connectivity index (χ2n) is 13.6. The molecule has 0 aliphatic carbocycles. The first kappa shape index (κ1) is 40.3. The molecule has 0 aromatic carbocycles. The molecule has 0 N–H and O–H groups in total. The second kappa shape index (κ2) is 17.3. The quantitative estimate of drug-likeness (QED) is 0.143. The summed E-state index contributed by atoms with van der Waals surface area (Å²) in [5, 5.41) is 0. The molecule has 6 nitrogen and oxygen atoms in total. The Kier molecular flexibility index (Phi) is 13.7. The van der Waals surface area contributed by atoms with Gasteiger partial charge in [0.05, 0.1) is 25.1 Å². The Morgan fingerprint density at radius 2 is 0.490 bits per heavy atom. The molecule has 1 aliphatic heterocycles. The summed E-state index contributed by atoms with van der Waals surface area (Å²) in [6, 6.07) is 25.5. The number of aromatic nitrogens is 4. The molecule has 0 atom stereocenters. The summed E-state index contributed by atoms with van der Waals surface area (Å²) in [4.78, 5) is 21.9. The molecule has 0 spiro atoms. The van der Waals surface area contributed by atoms with Crippen LogP contribution in [0.4, 0.5) is 0 Å². The molecule has 0 saturated heterocycles. The van der Waals surface area contributed by atoms with Crippen LogP contribution in [0.5, 0.6) is 0 Å². The van der Waals surface area contributed by atoms with Gasteiger partial charge in [-0.25, -0.2) is 0 Å². The van der Waals surface area contributed by atoms with E-state index in [-0.39, 0.29) is 45.6 Å². The predicted octanol–water partition coefficient (Wildman–Crippen LogP) is 10.4. The Morgan fingerprint density at radius 3 is 0.588 bits per heavy atom. The molecular weight excluding hydrogens is 735 g/mol. The van der Waals surface area contributed by atoms with Crippen LogP contribution in [0.15, 0.2) is 107 Å². The van der Waals surface area contributed by atoms with Crippen LogP contribution >= 0.6 is 0 Å². The molecule has 7 heterocycles. The van der Waals surface area contributed by atoms with Gasteiger partial charge in [-0.1, -0.05) is 104 Å². The van der Waals surface area contributed by atoms with Crippen LogP contribution < -0.4 is 19.9 Å². The van der Waals surface area contributed by atoms with Crippen molar-refractivity contribution >= 4 is 23.9 Å². The molecule has 268 valence electrons. The fourth-order valence-corrected chi connectivity index (χ4v) is 8.46. The fourth-order valence-electron chi connectivity index (χ4n) is 8.46. The maximum atomic E-state index is 5.47. The van der Waals surface area contributed by atoms with Gasteiger partial charge in [0.25, 0.3) is 0 Å². The fraction of sp³-hybridized carbons (Fsp3) is 0.455. The molecule has 7 heteroatoms. The van der Waals surface area contributed by atoms with Crippen LogP contribution in [0.1, 0.15) is 152 Å². The van der Waals surface area contributed by atoms with E-state index in [4.69, 9.17) is 19.9 Å². The van der Waals surface area contributed by atoms with E-state index in [1.165, 1.54) is 0 Å². The Morgan fingerprint density at radius 1 is 0.333 bits per heavy atom. The van der Waals surface area contributed by atoms with Crippen molar-refractivity contribution in [1.29, 1.82) is 0 Å². The van der Waals surface area contributed by atoms with E-state index in [0.717, 1.165) is 96.9 Å². The summed E-state index contributed by atoms with van der Waals surface area (Å²) in [6.07, 6.45) is 14.2. The third kappa shape index (κ3) is 7.02. The minimum absolute atomic E-state index is 0. The Bertz CT molecular complexity index is 1460. The number of nitrogens with zero attached hydrogens (tertiary/aromatic N) is 4. The van der Waals surface area contributed by atoms with E-state index in [0.29, 0.717) is 0 Å². The first-order chi connectivity index (χ1) is 24.3. The van der Waals surface area contributed by atoms with Crippen LogP contribution in [-0.4, -0.2) is 23.9 Å². The average molecular weight is 792 g/mol. The largest absolute Gasteiger partial charge is 4.00 e. The molecule has 0 fully saturated rings. The van der Waals surface area contributed by atoms with E-state index >= 15 is 0 Å². The van der Waals surface area contributed by atoms with E-state index in [1.807, 2.05) is 24.3 Å². The number of furan rings is 2. The van der Waals surface area contributed by atoms with Gasteiger partial charge < -0.3 is 28.8 Å².